The molecule has 0 unspecified atom stereocenters. The number of carbonyl (C=O) groups excluding carboxylic acids is 1. The summed E-state index contributed by atoms with van der Waals surface area (Å²) in [5, 5.41) is 1.29. The lowest BCUT2D eigenvalue weighted by Crippen LogP contribution is -2.26. The number of Topliss-reactive ketones (excluding diaryl/α,β-unsaturated/α-hetero) is 1. The van der Waals surface area contributed by atoms with Gasteiger partial charge in [0.25, 0.3) is 0 Å². The Hall–Kier alpha value is -2.26. The molecule has 2 bridgehead atoms. The van der Waals surface area contributed by atoms with E-state index >= 15 is 0 Å². The summed E-state index contributed by atoms with van der Waals surface area (Å²) in [5.74, 6) is 1.38. The van der Waals surface area contributed by atoms with Crippen LogP contribution < -0.4 is 0 Å². The van der Waals surface area contributed by atoms with Gasteiger partial charge in [-0.15, -0.1) is 11.3 Å². The van der Waals surface area contributed by atoms with E-state index in [1.807, 2.05) is 29.5 Å². The molecule has 5 rings (SSSR count). The van der Waals surface area contributed by atoms with Crippen LogP contribution in [0.5, 0.6) is 0 Å². The third-order valence-corrected chi connectivity index (χ3v) is 6.67. The molecule has 2 aliphatic carbocycles. The van der Waals surface area contributed by atoms with E-state index in [2.05, 4.69) is 47.5 Å². The lowest BCUT2D eigenvalue weighted by molar-refractivity contribution is 0.0882. The lowest BCUT2D eigenvalue weighted by Gasteiger charge is -2.25. The average molecular weight is 331 g/mol. The molecule has 24 heavy (non-hydrogen) atoms. The van der Waals surface area contributed by atoms with Crippen LogP contribution in [-0.4, -0.2) is 10.8 Å². The summed E-state index contributed by atoms with van der Waals surface area (Å²) in [4.78, 5) is 18.8. The van der Waals surface area contributed by atoms with E-state index in [4.69, 9.17) is 0 Å². The van der Waals surface area contributed by atoms with Gasteiger partial charge >= 0.3 is 0 Å². The predicted molar refractivity (Wildman–Crippen MR) is 97.4 cm³/mol. The first-order chi connectivity index (χ1) is 11.8. The first kappa shape index (κ1) is 14.1. The highest BCUT2D eigenvalue weighted by Gasteiger charge is 2.49. The van der Waals surface area contributed by atoms with E-state index in [9.17, 15) is 4.79 Å². The highest BCUT2D eigenvalue weighted by molar-refractivity contribution is 7.19. The highest BCUT2D eigenvalue weighted by atomic mass is 32.1. The third kappa shape index (κ3) is 2.08. The molecule has 0 radical (unpaired) electrons. The Balaban J connectivity index is 1.58. The normalized spacial score (nSPS) is 27.8. The number of fused-ring (bicyclic) bond motifs is 3. The molecule has 1 aromatic carbocycles. The number of aromatic nitrogens is 1. The van der Waals surface area contributed by atoms with Crippen molar-refractivity contribution in [3.05, 3.63) is 77.5 Å². The SMILES string of the molecule is O=C(c1ccccn1)[C@@H]1[C@@H](c2cc3ccccc3s2)[C@@H]2C=C[C@H]1C2. The fourth-order valence-electron chi connectivity index (χ4n) is 4.41. The van der Waals surface area contributed by atoms with Gasteiger partial charge in [0, 0.05) is 27.6 Å². The van der Waals surface area contributed by atoms with Gasteiger partial charge in [-0.2, -0.15) is 0 Å². The van der Waals surface area contributed by atoms with Crippen molar-refractivity contribution in [3.63, 3.8) is 0 Å². The number of allylic oxidation sites excluding steroid dienone is 2. The van der Waals surface area contributed by atoms with Crippen molar-refractivity contribution in [2.24, 2.45) is 17.8 Å². The average Bonchev–Trinajstić information content (AvgIpc) is 3.34. The van der Waals surface area contributed by atoms with Crippen LogP contribution in [0.4, 0.5) is 0 Å². The molecule has 1 saturated carbocycles. The number of pyridine rings is 1. The van der Waals surface area contributed by atoms with Gasteiger partial charge in [0.1, 0.15) is 5.69 Å². The Bertz CT molecular complexity index is 910. The molecule has 0 spiro atoms. The molecule has 4 atom stereocenters. The zero-order chi connectivity index (χ0) is 16.1. The molecule has 3 heteroatoms. The van der Waals surface area contributed by atoms with Crippen LogP contribution in [0.25, 0.3) is 10.1 Å². The van der Waals surface area contributed by atoms with E-state index in [1.165, 1.54) is 15.0 Å². The maximum Gasteiger partial charge on any atom is 0.185 e. The number of nitrogens with zero attached hydrogens (tertiary/aromatic N) is 1. The third-order valence-electron chi connectivity index (χ3n) is 5.45. The summed E-state index contributed by atoms with van der Waals surface area (Å²) in [6.45, 7) is 0. The fourth-order valence-corrected chi connectivity index (χ4v) is 5.70. The Morgan fingerprint density at radius 1 is 1.04 bits per heavy atom. The van der Waals surface area contributed by atoms with Crippen molar-refractivity contribution < 1.29 is 4.79 Å². The first-order valence-corrected chi connectivity index (χ1v) is 9.25. The molecule has 118 valence electrons. The molecule has 3 aromatic rings. The maximum absolute atomic E-state index is 13.1. The van der Waals surface area contributed by atoms with Crippen molar-refractivity contribution in [3.8, 4) is 0 Å². The van der Waals surface area contributed by atoms with Crippen LogP contribution in [0.3, 0.4) is 0 Å². The van der Waals surface area contributed by atoms with Crippen LogP contribution >= 0.6 is 11.3 Å². The number of benzene rings is 1. The minimum absolute atomic E-state index is 0.0305. The molecule has 1 fully saturated rings. The molecular weight excluding hydrogens is 314 g/mol. The Morgan fingerprint density at radius 2 is 1.88 bits per heavy atom. The molecular formula is C21H17NOS. The summed E-state index contributed by atoms with van der Waals surface area (Å²) >= 11 is 1.84. The fraction of sp³-hybridized carbons (Fsp3) is 0.238. The second kappa shape index (κ2) is 5.38. The zero-order valence-corrected chi connectivity index (χ0v) is 13.9. The van der Waals surface area contributed by atoms with Crippen LogP contribution in [0.1, 0.15) is 27.7 Å². The largest absolute Gasteiger partial charge is 0.292 e. The van der Waals surface area contributed by atoms with Gasteiger partial charge in [0.15, 0.2) is 5.78 Å². The summed E-state index contributed by atoms with van der Waals surface area (Å²) in [5.41, 5.74) is 0.606. The number of thiophene rings is 1. The maximum atomic E-state index is 13.1. The highest BCUT2D eigenvalue weighted by Crippen LogP contribution is 2.55. The molecule has 0 amide bonds. The standard InChI is InChI=1S/C21H17NOS/c23-21(16-6-3-4-10-22-16)20-15-9-8-14(11-15)19(20)18-12-13-5-1-2-7-17(13)24-18/h1-10,12,14-15,19-20H,11H2/t14-,15+,19-,20+/m1/s1. The minimum atomic E-state index is 0.0305. The van der Waals surface area contributed by atoms with E-state index in [1.54, 1.807) is 6.20 Å². The zero-order valence-electron chi connectivity index (χ0n) is 13.1. The topological polar surface area (TPSA) is 30.0 Å². The van der Waals surface area contributed by atoms with Crippen molar-refractivity contribution in [2.75, 3.05) is 0 Å². The van der Waals surface area contributed by atoms with Gasteiger partial charge in [-0.3, -0.25) is 9.78 Å². The first-order valence-electron chi connectivity index (χ1n) is 8.43. The van der Waals surface area contributed by atoms with Gasteiger partial charge in [0.05, 0.1) is 0 Å². The lowest BCUT2D eigenvalue weighted by atomic mass is 9.78. The smallest absolute Gasteiger partial charge is 0.185 e. The van der Waals surface area contributed by atoms with Crippen LogP contribution in [-0.2, 0) is 0 Å². The van der Waals surface area contributed by atoms with Gasteiger partial charge in [-0.05, 0) is 47.9 Å². The van der Waals surface area contributed by atoms with Crippen LogP contribution in [0, 0.1) is 17.8 Å². The Morgan fingerprint density at radius 3 is 2.71 bits per heavy atom. The van der Waals surface area contributed by atoms with Gasteiger partial charge < -0.3 is 0 Å². The molecule has 0 saturated heterocycles. The number of carbonyl (C=O) groups is 1. The summed E-state index contributed by atoms with van der Waals surface area (Å²) in [6.07, 6.45) is 7.38. The molecule has 0 aliphatic heterocycles. The number of ketones is 1. The van der Waals surface area contributed by atoms with Gasteiger partial charge in [-0.1, -0.05) is 36.4 Å². The van der Waals surface area contributed by atoms with Crippen molar-refractivity contribution in [1.82, 2.24) is 4.98 Å². The van der Waals surface area contributed by atoms with Gasteiger partial charge in [0.2, 0.25) is 0 Å². The van der Waals surface area contributed by atoms with E-state index in [0.29, 0.717) is 23.4 Å². The van der Waals surface area contributed by atoms with Gasteiger partial charge in [-0.25, -0.2) is 0 Å². The molecule has 2 heterocycles. The van der Waals surface area contributed by atoms with E-state index in [-0.39, 0.29) is 11.7 Å². The Labute approximate surface area is 144 Å². The molecule has 0 N–H and O–H groups in total. The van der Waals surface area contributed by atoms with Crippen LogP contribution in [0.15, 0.2) is 66.9 Å². The predicted octanol–water partition coefficient (Wildman–Crippen LogP) is 5.08. The second-order valence-electron chi connectivity index (χ2n) is 6.77. The quantitative estimate of drug-likeness (QED) is 0.494. The van der Waals surface area contributed by atoms with Crippen molar-refractivity contribution in [1.29, 1.82) is 0 Å². The van der Waals surface area contributed by atoms with E-state index < -0.39 is 0 Å². The summed E-state index contributed by atoms with van der Waals surface area (Å²) in [6, 6.07) is 16.4. The number of hydrogen-bond donors (Lipinski definition) is 0. The molecule has 2 aliphatic rings. The molecule has 2 nitrogen and oxygen atoms in total. The van der Waals surface area contributed by atoms with E-state index in [0.717, 1.165) is 6.42 Å². The Kier molecular flexibility index (Phi) is 3.17. The van der Waals surface area contributed by atoms with Crippen LogP contribution in [0.2, 0.25) is 0 Å². The molecule has 2 aromatic heterocycles. The monoisotopic (exact) mass is 331 g/mol. The van der Waals surface area contributed by atoms with Crippen molar-refractivity contribution in [2.45, 2.75) is 12.3 Å². The van der Waals surface area contributed by atoms with Crippen molar-refractivity contribution >= 4 is 27.2 Å². The number of rotatable bonds is 3. The summed E-state index contributed by atoms with van der Waals surface area (Å²) < 4.78 is 1.31. The minimum Gasteiger partial charge on any atom is -0.292 e. The second-order valence-corrected chi connectivity index (χ2v) is 7.88. The summed E-state index contributed by atoms with van der Waals surface area (Å²) in [7, 11) is 0. The number of hydrogen-bond acceptors (Lipinski definition) is 3.